The summed E-state index contributed by atoms with van der Waals surface area (Å²) in [5.74, 6) is 0. The smallest absolute Gasteiger partial charge is 0.241 e. The monoisotopic (exact) mass is 279 g/mol. The van der Waals surface area contributed by atoms with Crippen molar-refractivity contribution in [3.63, 3.8) is 0 Å². The molecule has 2 N–H and O–H groups in total. The zero-order valence-corrected chi connectivity index (χ0v) is 10.8. The molecule has 0 atom stereocenters. The van der Waals surface area contributed by atoms with Gasteiger partial charge in [-0.15, -0.1) is 0 Å². The van der Waals surface area contributed by atoms with Crippen LogP contribution in [0, 0.1) is 0 Å². The van der Waals surface area contributed by atoms with Gasteiger partial charge in [0.1, 0.15) is 6.33 Å². The fraction of sp³-hybridized carbons (Fsp3) is 0.167. The molecule has 1 heterocycles. The molecule has 7 heteroatoms. The van der Waals surface area contributed by atoms with E-state index in [2.05, 4.69) is 14.7 Å². The van der Waals surface area contributed by atoms with Crippen LogP contribution < -0.4 is 4.72 Å². The number of benzene rings is 1. The number of sulfonamides is 1. The van der Waals surface area contributed by atoms with Crippen molar-refractivity contribution in [2.75, 3.05) is 0 Å². The fourth-order valence-corrected chi connectivity index (χ4v) is 2.79. The lowest BCUT2D eigenvalue weighted by Gasteiger charge is -2.09. The summed E-state index contributed by atoms with van der Waals surface area (Å²) in [6.45, 7) is -0.255. The number of nitrogens with one attached hydrogen (secondary N) is 1. The summed E-state index contributed by atoms with van der Waals surface area (Å²) in [5, 5.41) is 9.15. The molecule has 0 aliphatic rings. The first kappa shape index (κ1) is 13.6. The molecule has 2 aromatic rings. The number of rotatable bonds is 5. The average molecular weight is 279 g/mol. The first-order chi connectivity index (χ1) is 9.13. The minimum Gasteiger partial charge on any atom is -0.392 e. The van der Waals surface area contributed by atoms with Gasteiger partial charge in [0, 0.05) is 6.20 Å². The van der Waals surface area contributed by atoms with Crippen molar-refractivity contribution in [2.24, 2.45) is 0 Å². The lowest BCUT2D eigenvalue weighted by Crippen LogP contribution is -2.24. The standard InChI is InChI=1S/C12H13N3O3S/c16-8-10-3-1-2-4-12(10)19(17,18)15-7-11-5-6-13-9-14-11/h1-6,9,15-16H,7-8H2. The quantitative estimate of drug-likeness (QED) is 0.829. The summed E-state index contributed by atoms with van der Waals surface area (Å²) in [6.07, 6.45) is 2.89. The van der Waals surface area contributed by atoms with Gasteiger partial charge in [0.15, 0.2) is 0 Å². The molecule has 0 aliphatic heterocycles. The topological polar surface area (TPSA) is 92.2 Å². The minimum absolute atomic E-state index is 0.0740. The van der Waals surface area contributed by atoms with Crippen molar-refractivity contribution in [1.82, 2.24) is 14.7 Å². The summed E-state index contributed by atoms with van der Waals surface area (Å²) in [6, 6.07) is 7.93. The Morgan fingerprint density at radius 3 is 2.68 bits per heavy atom. The molecule has 2 rings (SSSR count). The van der Waals surface area contributed by atoms with Gasteiger partial charge in [-0.25, -0.2) is 23.1 Å². The van der Waals surface area contributed by atoms with E-state index in [0.717, 1.165) is 0 Å². The van der Waals surface area contributed by atoms with Crippen molar-refractivity contribution in [1.29, 1.82) is 0 Å². The Bertz CT molecular complexity index is 644. The Balaban J connectivity index is 2.19. The Hall–Kier alpha value is -1.83. The highest BCUT2D eigenvalue weighted by Gasteiger charge is 2.17. The van der Waals surface area contributed by atoms with Gasteiger partial charge in [0.2, 0.25) is 10.0 Å². The van der Waals surface area contributed by atoms with Crippen molar-refractivity contribution < 1.29 is 13.5 Å². The van der Waals surface area contributed by atoms with Crippen LogP contribution in [0.4, 0.5) is 0 Å². The SMILES string of the molecule is O=S(=O)(NCc1ccncn1)c1ccccc1CO. The Morgan fingerprint density at radius 1 is 1.21 bits per heavy atom. The first-order valence-corrected chi connectivity index (χ1v) is 7.05. The van der Waals surface area contributed by atoms with Gasteiger partial charge in [-0.3, -0.25) is 0 Å². The summed E-state index contributed by atoms with van der Waals surface area (Å²) in [4.78, 5) is 7.76. The van der Waals surface area contributed by atoms with Gasteiger partial charge in [-0.05, 0) is 17.7 Å². The molecule has 1 aromatic heterocycles. The predicted octanol–water partition coefficient (Wildman–Crippen LogP) is 0.447. The largest absolute Gasteiger partial charge is 0.392 e. The van der Waals surface area contributed by atoms with Gasteiger partial charge in [0.25, 0.3) is 0 Å². The van der Waals surface area contributed by atoms with Crippen LogP contribution in [0.2, 0.25) is 0 Å². The molecular formula is C12H13N3O3S. The van der Waals surface area contributed by atoms with Crippen LogP contribution in [0.3, 0.4) is 0 Å². The highest BCUT2D eigenvalue weighted by Crippen LogP contribution is 2.15. The molecule has 1 aromatic carbocycles. The van der Waals surface area contributed by atoms with E-state index in [-0.39, 0.29) is 18.0 Å². The van der Waals surface area contributed by atoms with Gasteiger partial charge >= 0.3 is 0 Å². The zero-order chi connectivity index (χ0) is 13.7. The lowest BCUT2D eigenvalue weighted by molar-refractivity contribution is 0.278. The van der Waals surface area contributed by atoms with Crippen molar-refractivity contribution in [3.8, 4) is 0 Å². The average Bonchev–Trinajstić information content (AvgIpc) is 2.46. The summed E-state index contributed by atoms with van der Waals surface area (Å²) in [7, 11) is -3.67. The summed E-state index contributed by atoms with van der Waals surface area (Å²) >= 11 is 0. The van der Waals surface area contributed by atoms with Crippen molar-refractivity contribution >= 4 is 10.0 Å². The second kappa shape index (κ2) is 5.87. The van der Waals surface area contributed by atoms with Crippen molar-refractivity contribution in [3.05, 3.63) is 54.1 Å². The maximum absolute atomic E-state index is 12.1. The third-order valence-electron chi connectivity index (χ3n) is 2.52. The third-order valence-corrected chi connectivity index (χ3v) is 4.02. The van der Waals surface area contributed by atoms with Gasteiger partial charge in [-0.1, -0.05) is 18.2 Å². The highest BCUT2D eigenvalue weighted by molar-refractivity contribution is 7.89. The van der Waals surface area contributed by atoms with Gasteiger partial charge < -0.3 is 5.11 Å². The van der Waals surface area contributed by atoms with Crippen LogP contribution in [-0.4, -0.2) is 23.5 Å². The zero-order valence-electron chi connectivity index (χ0n) is 10.0. The van der Waals surface area contributed by atoms with Gasteiger partial charge in [0.05, 0.1) is 23.7 Å². The molecule has 100 valence electrons. The normalized spacial score (nSPS) is 11.4. The molecule has 19 heavy (non-hydrogen) atoms. The van der Waals surface area contributed by atoms with E-state index >= 15 is 0 Å². The molecule has 0 saturated carbocycles. The van der Waals surface area contributed by atoms with Crippen LogP contribution in [-0.2, 0) is 23.2 Å². The maximum Gasteiger partial charge on any atom is 0.241 e. The Kier molecular flexibility index (Phi) is 4.20. The Morgan fingerprint density at radius 2 is 2.00 bits per heavy atom. The first-order valence-electron chi connectivity index (χ1n) is 5.57. The highest BCUT2D eigenvalue weighted by atomic mass is 32.2. The van der Waals surface area contributed by atoms with E-state index in [0.29, 0.717) is 11.3 Å². The lowest BCUT2D eigenvalue weighted by atomic mass is 10.2. The molecule has 0 radical (unpaired) electrons. The number of nitrogens with zero attached hydrogens (tertiary/aromatic N) is 2. The van der Waals surface area contributed by atoms with E-state index in [9.17, 15) is 8.42 Å². The van der Waals surface area contributed by atoms with Gasteiger partial charge in [-0.2, -0.15) is 0 Å². The molecule has 0 unspecified atom stereocenters. The molecule has 0 spiro atoms. The van der Waals surface area contributed by atoms with E-state index in [1.807, 2.05) is 0 Å². The summed E-state index contributed by atoms with van der Waals surface area (Å²) < 4.78 is 26.7. The van der Waals surface area contributed by atoms with E-state index in [1.54, 1.807) is 24.3 Å². The maximum atomic E-state index is 12.1. The van der Waals surface area contributed by atoms with Crippen LogP contribution in [0.1, 0.15) is 11.3 Å². The van der Waals surface area contributed by atoms with E-state index in [1.165, 1.54) is 18.6 Å². The number of aliphatic hydroxyl groups is 1. The van der Waals surface area contributed by atoms with Crippen LogP contribution >= 0.6 is 0 Å². The molecule has 6 nitrogen and oxygen atoms in total. The molecule has 0 amide bonds. The molecule has 0 bridgehead atoms. The van der Waals surface area contributed by atoms with Crippen molar-refractivity contribution in [2.45, 2.75) is 18.0 Å². The predicted molar refractivity (Wildman–Crippen MR) is 68.4 cm³/mol. The Labute approximate surface area is 111 Å². The van der Waals surface area contributed by atoms with E-state index < -0.39 is 10.0 Å². The number of aliphatic hydroxyl groups excluding tert-OH is 1. The van der Waals surface area contributed by atoms with Crippen LogP contribution in [0.25, 0.3) is 0 Å². The molecule has 0 saturated heterocycles. The number of hydrogen-bond donors (Lipinski definition) is 2. The molecule has 0 fully saturated rings. The van der Waals surface area contributed by atoms with Crippen LogP contribution in [0.15, 0.2) is 47.8 Å². The summed E-state index contributed by atoms with van der Waals surface area (Å²) in [5.41, 5.74) is 0.928. The molecular weight excluding hydrogens is 266 g/mol. The second-order valence-electron chi connectivity index (χ2n) is 3.79. The van der Waals surface area contributed by atoms with Crippen LogP contribution in [0.5, 0.6) is 0 Å². The minimum atomic E-state index is -3.67. The number of aromatic nitrogens is 2. The second-order valence-corrected chi connectivity index (χ2v) is 5.53. The number of hydrogen-bond acceptors (Lipinski definition) is 5. The third kappa shape index (κ3) is 3.34. The van der Waals surface area contributed by atoms with E-state index in [4.69, 9.17) is 5.11 Å². The fourth-order valence-electron chi connectivity index (χ4n) is 1.57. The molecule has 0 aliphatic carbocycles.